The summed E-state index contributed by atoms with van der Waals surface area (Å²) in [5, 5.41) is 17.0. The van der Waals surface area contributed by atoms with Gasteiger partial charge in [0.15, 0.2) is 0 Å². The zero-order valence-corrected chi connectivity index (χ0v) is 16.6. The van der Waals surface area contributed by atoms with Crippen LogP contribution in [0.1, 0.15) is 51.6 Å². The smallest absolute Gasteiger partial charge is 0.252 e. The molecule has 0 heterocycles. The molecule has 0 aromatic heterocycles. The predicted molar refractivity (Wildman–Crippen MR) is 106 cm³/mol. The summed E-state index contributed by atoms with van der Waals surface area (Å²) in [4.78, 5) is 24.8. The molecule has 0 radical (unpaired) electrons. The van der Waals surface area contributed by atoms with Gasteiger partial charge in [0.1, 0.15) is 5.60 Å². The lowest BCUT2D eigenvalue weighted by Crippen LogP contribution is -2.57. The van der Waals surface area contributed by atoms with Crippen LogP contribution in [0.3, 0.4) is 0 Å². The van der Waals surface area contributed by atoms with Crippen LogP contribution < -0.4 is 16.4 Å². The van der Waals surface area contributed by atoms with Crippen molar-refractivity contribution in [2.24, 2.45) is 23.5 Å². The van der Waals surface area contributed by atoms with Gasteiger partial charge in [-0.15, -0.1) is 0 Å². The molecule has 1 aromatic carbocycles. The Morgan fingerprint density at radius 3 is 2.52 bits per heavy atom. The molecule has 4 atom stereocenters. The second-order valence-corrected chi connectivity index (χ2v) is 8.11. The van der Waals surface area contributed by atoms with E-state index in [1.54, 1.807) is 0 Å². The third-order valence-electron chi connectivity index (χ3n) is 5.63. The normalized spacial score (nSPS) is 26.4. The number of amides is 2. The monoisotopic (exact) mass is 375 g/mol. The molecule has 5 N–H and O–H groups in total. The zero-order chi connectivity index (χ0) is 20.0. The van der Waals surface area contributed by atoms with Crippen LogP contribution in [0.5, 0.6) is 0 Å². The fraction of sp³-hybridized carbons (Fsp3) is 0.619. The molecule has 6 heteroatoms. The number of carbonyl (C=O) groups excluding carboxylic acids is 2. The van der Waals surface area contributed by atoms with E-state index < -0.39 is 11.6 Å². The molecule has 1 aromatic rings. The van der Waals surface area contributed by atoms with E-state index in [0.29, 0.717) is 12.3 Å². The Hall–Kier alpha value is -1.92. The zero-order valence-electron chi connectivity index (χ0n) is 16.6. The molecular formula is C21H33N3O3. The van der Waals surface area contributed by atoms with Crippen molar-refractivity contribution in [3.63, 3.8) is 0 Å². The van der Waals surface area contributed by atoms with Gasteiger partial charge in [0, 0.05) is 6.54 Å². The van der Waals surface area contributed by atoms with Crippen molar-refractivity contribution in [2.45, 2.75) is 51.7 Å². The third kappa shape index (κ3) is 5.30. The molecule has 1 fully saturated rings. The van der Waals surface area contributed by atoms with Gasteiger partial charge in [0.05, 0.1) is 12.6 Å². The fourth-order valence-corrected chi connectivity index (χ4v) is 4.17. The standard InChI is InChI=1S/C21H33N3O3/c1-14(2)17-10-9-15(3)11-21(17,27)20(26)23-13-18(24-19(25)12-22)16-7-5-4-6-8-16/h4-8,14-15,17-18,27H,9-13,22H2,1-3H3,(H,23,26)(H,24,25)/t15?,17?,18-,21?/m1/s1. The van der Waals surface area contributed by atoms with Gasteiger partial charge < -0.3 is 21.5 Å². The maximum absolute atomic E-state index is 13.0. The number of hydrogen-bond acceptors (Lipinski definition) is 4. The molecule has 1 saturated carbocycles. The molecule has 0 aliphatic heterocycles. The van der Waals surface area contributed by atoms with Gasteiger partial charge in [0.2, 0.25) is 5.91 Å². The molecule has 2 amide bonds. The van der Waals surface area contributed by atoms with E-state index in [9.17, 15) is 14.7 Å². The second-order valence-electron chi connectivity index (χ2n) is 8.11. The van der Waals surface area contributed by atoms with Crippen LogP contribution >= 0.6 is 0 Å². The number of nitrogens with one attached hydrogen (secondary N) is 2. The van der Waals surface area contributed by atoms with Crippen molar-refractivity contribution >= 4 is 11.8 Å². The quantitative estimate of drug-likeness (QED) is 0.583. The first-order valence-electron chi connectivity index (χ1n) is 9.83. The van der Waals surface area contributed by atoms with Crippen molar-refractivity contribution in [1.29, 1.82) is 0 Å². The highest BCUT2D eigenvalue weighted by atomic mass is 16.3. The second kappa shape index (κ2) is 9.33. The number of carbonyl (C=O) groups is 2. The molecule has 1 aliphatic rings. The molecule has 0 saturated heterocycles. The number of rotatable bonds is 7. The summed E-state index contributed by atoms with van der Waals surface area (Å²) in [5.41, 5.74) is 4.93. The molecule has 1 aliphatic carbocycles. The Kier molecular flexibility index (Phi) is 7.39. The minimum atomic E-state index is -1.37. The summed E-state index contributed by atoms with van der Waals surface area (Å²) in [6.45, 7) is 6.26. The van der Waals surface area contributed by atoms with Gasteiger partial charge in [-0.3, -0.25) is 9.59 Å². The van der Waals surface area contributed by atoms with Crippen molar-refractivity contribution in [1.82, 2.24) is 10.6 Å². The molecular weight excluding hydrogens is 342 g/mol. The molecule has 3 unspecified atom stereocenters. The third-order valence-corrected chi connectivity index (χ3v) is 5.63. The maximum Gasteiger partial charge on any atom is 0.252 e. The van der Waals surface area contributed by atoms with Gasteiger partial charge in [-0.25, -0.2) is 0 Å². The van der Waals surface area contributed by atoms with E-state index in [4.69, 9.17) is 5.73 Å². The number of hydrogen-bond donors (Lipinski definition) is 4. The first-order chi connectivity index (χ1) is 12.8. The predicted octanol–water partition coefficient (Wildman–Crippen LogP) is 1.74. The van der Waals surface area contributed by atoms with Crippen LogP contribution in [0, 0.1) is 17.8 Å². The number of benzene rings is 1. The lowest BCUT2D eigenvalue weighted by molar-refractivity contribution is -0.156. The Balaban J connectivity index is 2.12. The topological polar surface area (TPSA) is 104 Å². The summed E-state index contributed by atoms with van der Waals surface area (Å²) in [6, 6.07) is 9.04. The van der Waals surface area contributed by atoms with Crippen molar-refractivity contribution < 1.29 is 14.7 Å². The van der Waals surface area contributed by atoms with Crippen LogP contribution in [-0.4, -0.2) is 35.6 Å². The molecule has 0 spiro atoms. The van der Waals surface area contributed by atoms with Crippen LogP contribution in [0.4, 0.5) is 0 Å². The van der Waals surface area contributed by atoms with Crippen LogP contribution in [0.25, 0.3) is 0 Å². The molecule has 6 nitrogen and oxygen atoms in total. The van der Waals surface area contributed by atoms with Gasteiger partial charge >= 0.3 is 0 Å². The van der Waals surface area contributed by atoms with Gasteiger partial charge in [-0.1, -0.05) is 57.5 Å². The average molecular weight is 376 g/mol. The van der Waals surface area contributed by atoms with Crippen molar-refractivity contribution in [2.75, 3.05) is 13.1 Å². The molecule has 27 heavy (non-hydrogen) atoms. The largest absolute Gasteiger partial charge is 0.380 e. The SMILES string of the molecule is CC1CCC(C(C)C)C(O)(C(=O)NC[C@@H](NC(=O)CN)c2ccccc2)C1. The summed E-state index contributed by atoms with van der Waals surface area (Å²) in [5.74, 6) is -0.186. The summed E-state index contributed by atoms with van der Waals surface area (Å²) in [7, 11) is 0. The Morgan fingerprint density at radius 1 is 1.26 bits per heavy atom. The summed E-state index contributed by atoms with van der Waals surface area (Å²) < 4.78 is 0. The van der Waals surface area contributed by atoms with Crippen molar-refractivity contribution in [3.8, 4) is 0 Å². The highest BCUT2D eigenvalue weighted by molar-refractivity contribution is 5.85. The van der Waals surface area contributed by atoms with Gasteiger partial charge in [-0.05, 0) is 36.2 Å². The molecule has 0 bridgehead atoms. The summed E-state index contributed by atoms with van der Waals surface area (Å²) >= 11 is 0. The van der Waals surface area contributed by atoms with E-state index in [2.05, 4.69) is 17.6 Å². The van der Waals surface area contributed by atoms with Crippen LogP contribution in [0.15, 0.2) is 30.3 Å². The number of aliphatic hydroxyl groups is 1. The van der Waals surface area contributed by atoms with E-state index in [1.807, 2.05) is 44.2 Å². The first kappa shape index (κ1) is 21.4. The van der Waals surface area contributed by atoms with Gasteiger partial charge in [-0.2, -0.15) is 0 Å². The Bertz CT molecular complexity index is 635. The van der Waals surface area contributed by atoms with Crippen LogP contribution in [-0.2, 0) is 9.59 Å². The highest BCUT2D eigenvalue weighted by Crippen LogP contribution is 2.41. The minimum absolute atomic E-state index is 0.0671. The Morgan fingerprint density at radius 2 is 1.93 bits per heavy atom. The van der Waals surface area contributed by atoms with E-state index >= 15 is 0 Å². The summed E-state index contributed by atoms with van der Waals surface area (Å²) in [6.07, 6.45) is 2.33. The lowest BCUT2D eigenvalue weighted by atomic mass is 9.66. The average Bonchev–Trinajstić information content (AvgIpc) is 2.64. The minimum Gasteiger partial charge on any atom is -0.380 e. The van der Waals surface area contributed by atoms with E-state index in [1.165, 1.54) is 0 Å². The maximum atomic E-state index is 13.0. The lowest BCUT2D eigenvalue weighted by Gasteiger charge is -2.43. The van der Waals surface area contributed by atoms with E-state index in [-0.39, 0.29) is 36.7 Å². The van der Waals surface area contributed by atoms with Crippen LogP contribution in [0.2, 0.25) is 0 Å². The number of nitrogens with two attached hydrogens (primary N) is 1. The molecule has 150 valence electrons. The fourth-order valence-electron chi connectivity index (χ4n) is 4.17. The first-order valence-corrected chi connectivity index (χ1v) is 9.83. The highest BCUT2D eigenvalue weighted by Gasteiger charge is 2.48. The van der Waals surface area contributed by atoms with E-state index in [0.717, 1.165) is 18.4 Å². The molecule has 2 rings (SSSR count). The van der Waals surface area contributed by atoms with Gasteiger partial charge in [0.25, 0.3) is 5.91 Å². The van der Waals surface area contributed by atoms with Crippen molar-refractivity contribution in [3.05, 3.63) is 35.9 Å². The Labute approximate surface area is 161 Å².